The van der Waals surface area contributed by atoms with Gasteiger partial charge in [-0.3, -0.25) is 5.10 Å². The van der Waals surface area contributed by atoms with Gasteiger partial charge in [0.2, 0.25) is 0 Å². The van der Waals surface area contributed by atoms with Gasteiger partial charge in [0.15, 0.2) is 5.82 Å². The second-order valence-corrected chi connectivity index (χ2v) is 6.15. The smallest absolute Gasteiger partial charge is 0.319 e. The first kappa shape index (κ1) is 16.1. The van der Waals surface area contributed by atoms with Crippen LogP contribution in [0.3, 0.4) is 0 Å². The summed E-state index contributed by atoms with van der Waals surface area (Å²) >= 11 is 0. The van der Waals surface area contributed by atoms with E-state index in [0.29, 0.717) is 18.1 Å². The number of aromatic nitrogens is 3. The number of anilines is 1. The number of aryl methyl sites for hydroxylation is 1. The third-order valence-electron chi connectivity index (χ3n) is 4.24. The predicted molar refractivity (Wildman–Crippen MR) is 98.0 cm³/mol. The largest absolute Gasteiger partial charge is 0.493 e. The van der Waals surface area contributed by atoms with E-state index in [0.717, 1.165) is 29.1 Å². The molecule has 0 saturated heterocycles. The van der Waals surface area contributed by atoms with Crippen LogP contribution in [0.4, 0.5) is 10.5 Å². The van der Waals surface area contributed by atoms with Crippen LogP contribution in [0.2, 0.25) is 0 Å². The highest BCUT2D eigenvalue weighted by Gasteiger charge is 2.22. The molecular formula is C19H19N5O2. The highest BCUT2D eigenvalue weighted by molar-refractivity contribution is 5.90. The summed E-state index contributed by atoms with van der Waals surface area (Å²) in [4.78, 5) is 16.8. The standard InChI is InChI=1S/C19H19N5O2/c1-12-20-18(24-23-12)13-5-4-6-14(11-13)21-19(25)22-16-9-10-26-17-8-3-2-7-15(16)17/h2-8,11,16H,9-10H2,1H3,(H,20,23,24)(H2,21,22,25). The second kappa shape index (κ2) is 6.87. The van der Waals surface area contributed by atoms with Gasteiger partial charge in [0.1, 0.15) is 11.6 Å². The van der Waals surface area contributed by atoms with E-state index < -0.39 is 0 Å². The molecular weight excluding hydrogens is 330 g/mol. The number of amides is 2. The Morgan fingerprint density at radius 3 is 2.96 bits per heavy atom. The molecule has 132 valence electrons. The maximum atomic E-state index is 12.4. The average Bonchev–Trinajstić information content (AvgIpc) is 3.09. The Morgan fingerprint density at radius 1 is 1.23 bits per heavy atom. The molecule has 0 fully saturated rings. The first-order chi connectivity index (χ1) is 12.7. The van der Waals surface area contributed by atoms with E-state index in [9.17, 15) is 4.79 Å². The Kier molecular flexibility index (Phi) is 4.27. The third-order valence-corrected chi connectivity index (χ3v) is 4.24. The number of ether oxygens (including phenoxy) is 1. The van der Waals surface area contributed by atoms with Crippen LogP contribution < -0.4 is 15.4 Å². The molecule has 2 aromatic carbocycles. The zero-order valence-electron chi connectivity index (χ0n) is 14.3. The van der Waals surface area contributed by atoms with Gasteiger partial charge < -0.3 is 15.4 Å². The molecule has 0 bridgehead atoms. The first-order valence-electron chi connectivity index (χ1n) is 8.48. The highest BCUT2D eigenvalue weighted by Crippen LogP contribution is 2.31. The number of aromatic amines is 1. The number of rotatable bonds is 3. The maximum Gasteiger partial charge on any atom is 0.319 e. The third kappa shape index (κ3) is 3.37. The Hall–Kier alpha value is -3.35. The summed E-state index contributed by atoms with van der Waals surface area (Å²) in [5, 5.41) is 12.9. The number of nitrogens with zero attached hydrogens (tertiary/aromatic N) is 2. The molecule has 7 nitrogen and oxygen atoms in total. The molecule has 0 spiro atoms. The van der Waals surface area contributed by atoms with Crippen LogP contribution in [0, 0.1) is 6.92 Å². The van der Waals surface area contributed by atoms with Crippen LogP contribution in [0.15, 0.2) is 48.5 Å². The molecule has 1 aromatic heterocycles. The lowest BCUT2D eigenvalue weighted by Crippen LogP contribution is -2.35. The molecule has 3 N–H and O–H groups in total. The van der Waals surface area contributed by atoms with Gasteiger partial charge in [-0.15, -0.1) is 0 Å². The number of nitrogens with one attached hydrogen (secondary N) is 3. The summed E-state index contributed by atoms with van der Waals surface area (Å²) in [7, 11) is 0. The first-order valence-corrected chi connectivity index (χ1v) is 8.48. The minimum atomic E-state index is -0.255. The van der Waals surface area contributed by atoms with Crippen molar-refractivity contribution in [3.8, 4) is 17.1 Å². The topological polar surface area (TPSA) is 91.9 Å². The number of urea groups is 1. The summed E-state index contributed by atoms with van der Waals surface area (Å²) in [5.41, 5.74) is 2.52. The van der Waals surface area contributed by atoms with E-state index in [4.69, 9.17) is 4.74 Å². The van der Waals surface area contributed by atoms with Crippen molar-refractivity contribution >= 4 is 11.7 Å². The molecule has 0 radical (unpaired) electrons. The van der Waals surface area contributed by atoms with Crippen molar-refractivity contribution in [1.82, 2.24) is 20.5 Å². The van der Waals surface area contributed by atoms with E-state index in [1.54, 1.807) is 0 Å². The molecule has 1 aliphatic rings. The molecule has 7 heteroatoms. The van der Waals surface area contributed by atoms with Gasteiger partial charge in [-0.2, -0.15) is 5.10 Å². The van der Waals surface area contributed by atoms with Gasteiger partial charge in [-0.1, -0.05) is 30.3 Å². The van der Waals surface area contributed by atoms with Gasteiger partial charge in [0.25, 0.3) is 0 Å². The Labute approximate surface area is 150 Å². The zero-order valence-corrected chi connectivity index (χ0v) is 14.3. The van der Waals surface area contributed by atoms with Crippen LogP contribution in [0.25, 0.3) is 11.4 Å². The monoisotopic (exact) mass is 349 g/mol. The van der Waals surface area contributed by atoms with E-state index in [1.807, 2.05) is 55.5 Å². The number of carbonyl (C=O) groups is 1. The highest BCUT2D eigenvalue weighted by atomic mass is 16.5. The van der Waals surface area contributed by atoms with Gasteiger partial charge in [-0.25, -0.2) is 9.78 Å². The van der Waals surface area contributed by atoms with E-state index >= 15 is 0 Å². The molecule has 4 rings (SSSR count). The van der Waals surface area contributed by atoms with E-state index in [1.165, 1.54) is 0 Å². The number of carbonyl (C=O) groups excluding carboxylic acids is 1. The van der Waals surface area contributed by atoms with Crippen LogP contribution in [-0.4, -0.2) is 27.8 Å². The molecule has 26 heavy (non-hydrogen) atoms. The fourth-order valence-electron chi connectivity index (χ4n) is 3.03. The minimum Gasteiger partial charge on any atom is -0.493 e. The fraction of sp³-hybridized carbons (Fsp3) is 0.211. The summed E-state index contributed by atoms with van der Waals surface area (Å²) in [6.45, 7) is 2.43. The number of hydrogen-bond acceptors (Lipinski definition) is 4. The molecule has 1 aliphatic heterocycles. The number of hydrogen-bond donors (Lipinski definition) is 3. The van der Waals surface area contributed by atoms with Gasteiger partial charge in [-0.05, 0) is 25.1 Å². The second-order valence-electron chi connectivity index (χ2n) is 6.15. The van der Waals surface area contributed by atoms with Crippen LogP contribution in [0.1, 0.15) is 23.9 Å². The summed E-state index contributed by atoms with van der Waals surface area (Å²) < 4.78 is 5.63. The van der Waals surface area contributed by atoms with Crippen molar-refractivity contribution in [2.75, 3.05) is 11.9 Å². The Balaban J connectivity index is 1.46. The van der Waals surface area contributed by atoms with Gasteiger partial charge in [0, 0.05) is 23.2 Å². The van der Waals surface area contributed by atoms with E-state index in [2.05, 4.69) is 25.8 Å². The Bertz CT molecular complexity index is 937. The number of para-hydroxylation sites is 1. The molecule has 1 atom stereocenters. The van der Waals surface area contributed by atoms with Crippen molar-refractivity contribution in [1.29, 1.82) is 0 Å². The van der Waals surface area contributed by atoms with Crippen LogP contribution in [-0.2, 0) is 0 Å². The normalized spacial score (nSPS) is 15.7. The minimum absolute atomic E-state index is 0.0706. The summed E-state index contributed by atoms with van der Waals surface area (Å²) in [6, 6.07) is 14.9. The van der Waals surface area contributed by atoms with Crippen LogP contribution in [0.5, 0.6) is 5.75 Å². The van der Waals surface area contributed by atoms with Crippen molar-refractivity contribution in [2.24, 2.45) is 0 Å². The SMILES string of the molecule is Cc1nc(-c2cccc(NC(=O)NC3CCOc4ccccc43)c2)n[nH]1. The molecule has 2 amide bonds. The number of H-pyrrole nitrogens is 1. The number of benzene rings is 2. The fourth-order valence-corrected chi connectivity index (χ4v) is 3.03. The number of fused-ring (bicyclic) bond motifs is 1. The van der Waals surface area contributed by atoms with Gasteiger partial charge >= 0.3 is 6.03 Å². The molecule has 0 aliphatic carbocycles. The lowest BCUT2D eigenvalue weighted by atomic mass is 10.0. The van der Waals surface area contributed by atoms with E-state index in [-0.39, 0.29) is 12.1 Å². The lowest BCUT2D eigenvalue weighted by Gasteiger charge is -2.26. The predicted octanol–water partition coefficient (Wildman–Crippen LogP) is 3.43. The van der Waals surface area contributed by atoms with Crippen molar-refractivity contribution in [2.45, 2.75) is 19.4 Å². The zero-order chi connectivity index (χ0) is 17.9. The summed E-state index contributed by atoms with van der Waals surface area (Å²) in [5.74, 6) is 2.17. The molecule has 2 heterocycles. The Morgan fingerprint density at radius 2 is 2.12 bits per heavy atom. The molecule has 3 aromatic rings. The van der Waals surface area contributed by atoms with Gasteiger partial charge in [0.05, 0.1) is 12.6 Å². The van der Waals surface area contributed by atoms with Crippen molar-refractivity contribution in [3.63, 3.8) is 0 Å². The average molecular weight is 349 g/mol. The summed E-state index contributed by atoms with van der Waals surface area (Å²) in [6.07, 6.45) is 0.737. The molecule has 0 saturated carbocycles. The van der Waals surface area contributed by atoms with Crippen LogP contribution >= 0.6 is 0 Å². The molecule has 1 unspecified atom stereocenters. The maximum absolute atomic E-state index is 12.4. The lowest BCUT2D eigenvalue weighted by molar-refractivity contribution is 0.232. The quantitative estimate of drug-likeness (QED) is 0.675. The van der Waals surface area contributed by atoms with Crippen molar-refractivity contribution < 1.29 is 9.53 Å². The van der Waals surface area contributed by atoms with Crippen molar-refractivity contribution in [3.05, 3.63) is 59.9 Å².